The number of pyridine rings is 2. The molecule has 80 heavy (non-hydrogen) atoms. The number of aryl methyl sites for hydroxylation is 1. The number of aliphatic hydroxyl groups is 1. The molecule has 1 unspecified atom stereocenters. The van der Waals surface area contributed by atoms with Crippen LogP contribution in [0.2, 0.25) is 0 Å². The molecular weight excluding hydrogens is 1050 g/mol. The summed E-state index contributed by atoms with van der Waals surface area (Å²) < 4.78 is 57.5. The normalized spacial score (nSPS) is 19.2. The molecule has 22 nitrogen and oxygen atoms in total. The molecule has 2 aromatic heterocycles. The van der Waals surface area contributed by atoms with Gasteiger partial charge < -0.3 is 51.0 Å². The number of nitrogens with one attached hydrogen (secondary N) is 6. The van der Waals surface area contributed by atoms with Crippen LogP contribution in [0.15, 0.2) is 59.4 Å². The second-order valence-electron chi connectivity index (χ2n) is 20.5. The van der Waals surface area contributed by atoms with Crippen molar-refractivity contribution in [3.8, 4) is 11.4 Å². The molecule has 3 aliphatic heterocycles. The quantitative estimate of drug-likeness (QED) is 0.0224. The van der Waals surface area contributed by atoms with Crippen molar-refractivity contribution < 1.29 is 70.9 Å². The zero-order valence-electron chi connectivity index (χ0n) is 43.7. The van der Waals surface area contributed by atoms with E-state index in [0.29, 0.717) is 52.5 Å². The van der Waals surface area contributed by atoms with E-state index in [2.05, 4.69) is 31.9 Å². The topological polar surface area (TPSA) is 303 Å². The first kappa shape index (κ1) is 56.4. The van der Waals surface area contributed by atoms with Crippen molar-refractivity contribution in [3.63, 3.8) is 0 Å². The number of unbranched alkanes of at least 4 members (excludes halogenated alkanes) is 2. The minimum atomic E-state index is -3.32. The van der Waals surface area contributed by atoms with Crippen LogP contribution in [0.4, 0.5) is 13.2 Å². The van der Waals surface area contributed by atoms with Crippen molar-refractivity contribution in [2.45, 2.75) is 120 Å². The maximum absolute atomic E-state index is 15.5. The third kappa shape index (κ3) is 11.4. The number of esters is 1. The van der Waals surface area contributed by atoms with Crippen LogP contribution < -0.4 is 37.5 Å². The van der Waals surface area contributed by atoms with Crippen LogP contribution in [-0.2, 0) is 84.2 Å². The van der Waals surface area contributed by atoms with Crippen LogP contribution in [0.25, 0.3) is 22.3 Å². The van der Waals surface area contributed by atoms with Gasteiger partial charge in [-0.2, -0.15) is 0 Å². The van der Waals surface area contributed by atoms with E-state index < -0.39 is 121 Å². The minimum Gasteiger partial charge on any atom is -0.458 e. The van der Waals surface area contributed by atoms with Gasteiger partial charge in [0.05, 0.1) is 54.7 Å². The maximum Gasteiger partial charge on any atom is 0.343 e. The minimum absolute atomic E-state index is 0.0361. The molecule has 1 fully saturated rings. The summed E-state index contributed by atoms with van der Waals surface area (Å²) in [5, 5.41) is 26.9. The highest BCUT2D eigenvalue weighted by Gasteiger charge is 2.62. The monoisotopic (exact) mass is 1110 g/mol. The van der Waals surface area contributed by atoms with Gasteiger partial charge in [0.2, 0.25) is 29.5 Å². The fraction of sp³-hybridized carbons (Fsp3) is 0.436. The number of carbonyl (C=O) groups is 9. The number of nitrogens with zero attached hydrogens (tertiary/aromatic N) is 3. The lowest BCUT2D eigenvalue weighted by Crippen LogP contribution is -2.63. The van der Waals surface area contributed by atoms with Gasteiger partial charge in [0.1, 0.15) is 25.2 Å². The van der Waals surface area contributed by atoms with Gasteiger partial charge in [-0.3, -0.25) is 48.1 Å². The molecule has 5 aliphatic rings. The van der Waals surface area contributed by atoms with Crippen LogP contribution in [-0.4, -0.2) is 123 Å². The van der Waals surface area contributed by atoms with Crippen molar-refractivity contribution in [2.24, 2.45) is 0 Å². The average molecular weight is 1110 g/mol. The molecule has 9 rings (SSSR count). The fourth-order valence-electron chi connectivity index (χ4n) is 10.9. The first-order valence-corrected chi connectivity index (χ1v) is 26.2. The number of alkyl halides is 2. The number of carbonyl (C=O) groups excluding carboxylic acids is 9. The zero-order chi connectivity index (χ0) is 57.3. The van der Waals surface area contributed by atoms with Crippen LogP contribution in [0.5, 0.6) is 0 Å². The smallest absolute Gasteiger partial charge is 0.343 e. The molecule has 0 spiro atoms. The Bertz CT molecular complexity index is 3320. The summed E-state index contributed by atoms with van der Waals surface area (Å²) in [6.45, 7) is 0.502. The zero-order valence-corrected chi connectivity index (χ0v) is 43.7. The molecular formula is C55H58F3N9O13. The molecule has 2 aliphatic carbocycles. The molecule has 8 amide bonds. The number of imide groups is 1. The Balaban J connectivity index is 0.799. The average Bonchev–Trinajstić information content (AvgIpc) is 3.96. The lowest BCUT2D eigenvalue weighted by molar-refractivity contribution is -0.227. The van der Waals surface area contributed by atoms with Crippen molar-refractivity contribution in [2.75, 3.05) is 32.9 Å². The van der Waals surface area contributed by atoms with Crippen LogP contribution in [0.1, 0.15) is 103 Å². The van der Waals surface area contributed by atoms with E-state index in [-0.39, 0.29) is 91.6 Å². The van der Waals surface area contributed by atoms with E-state index in [0.717, 1.165) is 4.90 Å². The van der Waals surface area contributed by atoms with E-state index in [9.17, 15) is 61.8 Å². The first-order chi connectivity index (χ1) is 38.1. The first-order valence-electron chi connectivity index (χ1n) is 26.2. The highest BCUT2D eigenvalue weighted by Crippen LogP contribution is 2.50. The van der Waals surface area contributed by atoms with Gasteiger partial charge in [-0.25, -0.2) is 22.9 Å². The Hall–Kier alpha value is -8.32. The molecule has 1 saturated carbocycles. The molecule has 0 bridgehead atoms. The molecule has 422 valence electrons. The molecule has 7 N–H and O–H groups in total. The Morgan fingerprint density at radius 1 is 0.863 bits per heavy atom. The number of rotatable bonds is 22. The third-order valence-electron chi connectivity index (χ3n) is 15.2. The molecule has 25 heteroatoms. The summed E-state index contributed by atoms with van der Waals surface area (Å²) in [4.78, 5) is 135. The second kappa shape index (κ2) is 22.8. The number of aromatic nitrogens is 2. The van der Waals surface area contributed by atoms with Crippen molar-refractivity contribution in [1.29, 1.82) is 0 Å². The fourth-order valence-corrected chi connectivity index (χ4v) is 10.9. The maximum atomic E-state index is 15.5. The summed E-state index contributed by atoms with van der Waals surface area (Å²) in [7, 11) is 0. The second-order valence-corrected chi connectivity index (χ2v) is 20.5. The lowest BCUT2D eigenvalue weighted by Gasteiger charge is -2.46. The molecule has 0 saturated heterocycles. The van der Waals surface area contributed by atoms with Gasteiger partial charge in [0.15, 0.2) is 11.2 Å². The number of hydrogen-bond donors (Lipinski definition) is 7. The van der Waals surface area contributed by atoms with Gasteiger partial charge in [-0.05, 0) is 67.3 Å². The van der Waals surface area contributed by atoms with E-state index in [1.54, 1.807) is 44.2 Å². The van der Waals surface area contributed by atoms with E-state index in [1.165, 1.54) is 28.9 Å². The molecule has 2 aromatic carbocycles. The predicted molar refractivity (Wildman–Crippen MR) is 275 cm³/mol. The Morgan fingerprint density at radius 3 is 2.26 bits per heavy atom. The largest absolute Gasteiger partial charge is 0.458 e. The van der Waals surface area contributed by atoms with E-state index >= 15 is 4.39 Å². The summed E-state index contributed by atoms with van der Waals surface area (Å²) in [6.07, 6.45) is 2.13. The highest BCUT2D eigenvalue weighted by atomic mass is 19.3. The van der Waals surface area contributed by atoms with Crippen LogP contribution >= 0.6 is 0 Å². The van der Waals surface area contributed by atoms with Crippen molar-refractivity contribution in [3.05, 3.63) is 110 Å². The summed E-state index contributed by atoms with van der Waals surface area (Å²) in [5.41, 5.74) is -1.47. The predicted octanol–water partition coefficient (Wildman–Crippen LogP) is 1.45. The van der Waals surface area contributed by atoms with Crippen molar-refractivity contribution in [1.82, 2.24) is 46.4 Å². The molecule has 4 aromatic rings. The standard InChI is InChI=1S/C55H58F3N9O13/c1-3-55(78)34-19-39-48-32(24-67(39)50(75)33(34)25-79-52(55)77)47-36(14-13-31-29(2)35(56)20-37(64-48)46(31)47)65-51(76)53(26-54(57,58)27-53)80-28-62-42(70)22-61-49(74)38(18-30-10-6-4-7-11-30)63-43(71)23-60-41(69)21-59-40(68)12-8-5-9-17-66-44(72)15-16-45(66)73/h4,6-7,10-11,15-16,19-20,36,38,78H,3,5,8-9,12-14,17-18,21-28H2,1-2H3,(H,59,68)(H,60,69)(H,61,74)(H,62,70)(H,63,71)(H,65,76)/t36-,38?,55-/m1/s1. The number of cyclic esters (lactones) is 1. The van der Waals surface area contributed by atoms with Crippen molar-refractivity contribution >= 4 is 64.1 Å². The van der Waals surface area contributed by atoms with Gasteiger partial charge in [-0.1, -0.05) is 43.7 Å². The van der Waals surface area contributed by atoms with E-state index in [1.807, 2.05) is 0 Å². The van der Waals surface area contributed by atoms with Gasteiger partial charge in [0, 0.05) is 67.0 Å². The van der Waals surface area contributed by atoms with Gasteiger partial charge in [0.25, 0.3) is 29.2 Å². The van der Waals surface area contributed by atoms with Gasteiger partial charge >= 0.3 is 5.97 Å². The number of hydrogen-bond acceptors (Lipinski definition) is 14. The van der Waals surface area contributed by atoms with Crippen LogP contribution in [0.3, 0.4) is 0 Å². The highest BCUT2D eigenvalue weighted by molar-refractivity contribution is 6.12. The number of ether oxygens (including phenoxy) is 2. The van der Waals surface area contributed by atoms with E-state index in [4.69, 9.17) is 14.5 Å². The Morgan fingerprint density at radius 2 is 1.55 bits per heavy atom. The Kier molecular flexibility index (Phi) is 16.1. The molecule has 0 radical (unpaired) electrons. The molecule has 5 heterocycles. The number of fused-ring (bicyclic) bond motifs is 5. The summed E-state index contributed by atoms with van der Waals surface area (Å²) >= 11 is 0. The van der Waals surface area contributed by atoms with Crippen LogP contribution in [0, 0.1) is 12.7 Å². The van der Waals surface area contributed by atoms with Gasteiger partial charge in [-0.15, -0.1) is 0 Å². The number of halogens is 3. The number of amides is 8. The molecule has 3 atom stereocenters. The summed E-state index contributed by atoms with van der Waals surface area (Å²) in [5.74, 6) is -10.0. The lowest BCUT2D eigenvalue weighted by atomic mass is 9.74. The Labute approximate surface area is 454 Å². The number of benzene rings is 2. The third-order valence-corrected chi connectivity index (χ3v) is 15.2. The summed E-state index contributed by atoms with van der Waals surface area (Å²) in [6, 6.07) is 9.14. The SMILES string of the molecule is CC[C@]1(O)C(=O)OCc2c1cc1n(c2=O)Cc2c-1nc1cc(F)c(C)c3c1c2[C@H](NC(=O)C1(OCNC(=O)CNC(=O)C(Cc2ccccc2)NC(=O)CNC(=O)CNC(=O)CCCCCN2C(=O)C=CC2=O)CC(F)(F)C1)CC3.